The summed E-state index contributed by atoms with van der Waals surface area (Å²) in [4.78, 5) is 34.1. The van der Waals surface area contributed by atoms with Crippen molar-refractivity contribution >= 4 is 29.0 Å². The molecular formula is C25H29F8N5O3S. The van der Waals surface area contributed by atoms with Gasteiger partial charge in [-0.3, -0.25) is 9.59 Å². The second-order valence-electron chi connectivity index (χ2n) is 11.4. The predicted molar refractivity (Wildman–Crippen MR) is 137 cm³/mol. The zero-order chi connectivity index (χ0) is 32.1. The number of hydrogen-bond donors (Lipinski definition) is 3. The molecule has 0 aliphatic carbocycles. The van der Waals surface area contributed by atoms with E-state index in [4.69, 9.17) is 0 Å². The molecule has 3 N–H and O–H groups in total. The maximum Gasteiger partial charge on any atom is 0.417 e. The van der Waals surface area contributed by atoms with Crippen LogP contribution < -0.4 is 10.6 Å². The first-order valence-electron chi connectivity index (χ1n) is 12.5. The molecule has 3 rings (SSSR count). The van der Waals surface area contributed by atoms with Gasteiger partial charge in [0.05, 0.1) is 28.0 Å². The number of carbonyl (C=O) groups is 2. The maximum atomic E-state index is 14.2. The lowest BCUT2D eigenvalue weighted by Crippen LogP contribution is -2.38. The number of carbonyl (C=O) groups excluding carboxylic acids is 2. The van der Waals surface area contributed by atoms with Crippen LogP contribution in [0.3, 0.4) is 0 Å². The summed E-state index contributed by atoms with van der Waals surface area (Å²) >= 11 is 0.368. The van der Waals surface area contributed by atoms with Crippen molar-refractivity contribution in [2.75, 3.05) is 25.0 Å². The van der Waals surface area contributed by atoms with Crippen LogP contribution in [-0.2, 0) is 6.18 Å². The zero-order valence-electron chi connectivity index (χ0n) is 23.1. The van der Waals surface area contributed by atoms with Crippen molar-refractivity contribution < 1.29 is 49.8 Å². The van der Waals surface area contributed by atoms with Gasteiger partial charge in [-0.25, -0.2) is 18.7 Å². The molecule has 1 atom stereocenters. The van der Waals surface area contributed by atoms with Crippen LogP contribution in [0.15, 0.2) is 12.3 Å². The molecule has 0 bridgehead atoms. The van der Waals surface area contributed by atoms with Crippen molar-refractivity contribution in [1.29, 1.82) is 0 Å². The Morgan fingerprint density at radius 3 is 2.24 bits per heavy atom. The Bertz CT molecular complexity index is 1330. The molecule has 1 fully saturated rings. The van der Waals surface area contributed by atoms with Gasteiger partial charge in [-0.1, -0.05) is 0 Å². The highest BCUT2D eigenvalue weighted by atomic mass is 32.1. The monoisotopic (exact) mass is 631 g/mol. The van der Waals surface area contributed by atoms with Gasteiger partial charge in [-0.2, -0.15) is 26.3 Å². The molecule has 0 saturated carbocycles. The molecular weight excluding hydrogens is 602 g/mol. The molecule has 0 unspecified atom stereocenters. The minimum Gasteiger partial charge on any atom is -0.389 e. The summed E-state index contributed by atoms with van der Waals surface area (Å²) in [5.74, 6) is -5.89. The standard InChI is InChI=1S/C25H29F8N5O3S/c1-12-7-23(26,27)11-38(12)20(40)16-17(42-19(37-16)18(39)36-10-22(4,5)41)13-8-34-15(6-14(13)24(28,29)30)35-9-21(2,3)25(31,32)33/h6,8,12,41H,7,9-11H2,1-5H3,(H,34,35)(H,36,39)/t12-/m0/s1. The number of nitrogens with one attached hydrogen (secondary N) is 2. The van der Waals surface area contributed by atoms with E-state index in [0.717, 1.165) is 18.7 Å². The highest BCUT2D eigenvalue weighted by Crippen LogP contribution is 2.43. The molecule has 0 spiro atoms. The zero-order valence-corrected chi connectivity index (χ0v) is 23.9. The van der Waals surface area contributed by atoms with Crippen LogP contribution in [0.4, 0.5) is 40.9 Å². The fourth-order valence-corrected chi connectivity index (χ4v) is 4.91. The molecule has 0 radical (unpaired) electrons. The highest BCUT2D eigenvalue weighted by molar-refractivity contribution is 7.17. The molecule has 1 saturated heterocycles. The third kappa shape index (κ3) is 7.65. The molecule has 42 heavy (non-hydrogen) atoms. The average Bonchev–Trinajstić information content (AvgIpc) is 3.39. The third-order valence-electron chi connectivity index (χ3n) is 6.43. The summed E-state index contributed by atoms with van der Waals surface area (Å²) in [5, 5.41) is 14.0. The van der Waals surface area contributed by atoms with E-state index in [1.807, 2.05) is 0 Å². The number of nitrogens with zero attached hydrogens (tertiary/aromatic N) is 3. The predicted octanol–water partition coefficient (Wildman–Crippen LogP) is 5.59. The number of thiazole rings is 1. The quantitative estimate of drug-likeness (QED) is 0.328. The van der Waals surface area contributed by atoms with Crippen LogP contribution >= 0.6 is 11.3 Å². The number of halogens is 8. The topological polar surface area (TPSA) is 107 Å². The molecule has 3 heterocycles. The molecule has 2 aromatic rings. The summed E-state index contributed by atoms with van der Waals surface area (Å²) in [6.07, 6.45) is -9.82. The van der Waals surface area contributed by atoms with E-state index >= 15 is 0 Å². The molecule has 8 nitrogen and oxygen atoms in total. The summed E-state index contributed by atoms with van der Waals surface area (Å²) in [5.41, 5.74) is -6.54. The number of aliphatic hydroxyl groups is 1. The fourth-order valence-electron chi connectivity index (χ4n) is 3.92. The first-order valence-corrected chi connectivity index (χ1v) is 13.3. The summed E-state index contributed by atoms with van der Waals surface area (Å²) in [7, 11) is 0. The van der Waals surface area contributed by atoms with Gasteiger partial charge >= 0.3 is 12.4 Å². The Morgan fingerprint density at radius 2 is 1.74 bits per heavy atom. The molecule has 17 heteroatoms. The molecule has 0 aromatic carbocycles. The van der Waals surface area contributed by atoms with Gasteiger partial charge in [0.1, 0.15) is 11.5 Å². The lowest BCUT2D eigenvalue weighted by Gasteiger charge is -2.28. The van der Waals surface area contributed by atoms with Crippen molar-refractivity contribution in [3.63, 3.8) is 0 Å². The second kappa shape index (κ2) is 11.2. The molecule has 1 aliphatic heterocycles. The Kier molecular flexibility index (Phi) is 8.92. The molecule has 234 valence electrons. The minimum atomic E-state index is -5.12. The van der Waals surface area contributed by atoms with Gasteiger partial charge in [0, 0.05) is 37.3 Å². The van der Waals surface area contributed by atoms with Gasteiger partial charge in [0.15, 0.2) is 5.01 Å². The smallest absolute Gasteiger partial charge is 0.389 e. The minimum absolute atomic E-state index is 0.288. The number of amides is 2. The summed E-state index contributed by atoms with van der Waals surface area (Å²) in [6.45, 7) is 3.65. The molecule has 2 aromatic heterocycles. The highest BCUT2D eigenvalue weighted by Gasteiger charge is 2.48. The Morgan fingerprint density at radius 1 is 1.12 bits per heavy atom. The van der Waals surface area contributed by atoms with Gasteiger partial charge in [-0.05, 0) is 40.7 Å². The van der Waals surface area contributed by atoms with E-state index in [0.29, 0.717) is 23.6 Å². The number of hydrogen-bond acceptors (Lipinski definition) is 7. The average molecular weight is 632 g/mol. The lowest BCUT2D eigenvalue weighted by atomic mass is 9.93. The number of anilines is 1. The van der Waals surface area contributed by atoms with Crippen LogP contribution in [0, 0.1) is 5.41 Å². The molecule has 2 amide bonds. The van der Waals surface area contributed by atoms with Gasteiger partial charge in [0.25, 0.3) is 17.7 Å². The van der Waals surface area contributed by atoms with Gasteiger partial charge in [-0.15, -0.1) is 11.3 Å². The van der Waals surface area contributed by atoms with E-state index in [1.54, 1.807) is 0 Å². The van der Waals surface area contributed by atoms with Crippen molar-refractivity contribution in [3.05, 3.63) is 28.5 Å². The lowest BCUT2D eigenvalue weighted by molar-refractivity contribution is -0.206. The normalized spacial score (nSPS) is 17.9. The van der Waals surface area contributed by atoms with E-state index in [2.05, 4.69) is 20.6 Å². The van der Waals surface area contributed by atoms with Crippen LogP contribution in [-0.4, -0.2) is 75.2 Å². The van der Waals surface area contributed by atoms with Crippen molar-refractivity contribution in [3.8, 4) is 10.4 Å². The number of aromatic nitrogens is 2. The number of rotatable bonds is 8. The Labute approximate surface area is 239 Å². The number of pyridine rings is 1. The van der Waals surface area contributed by atoms with Crippen LogP contribution in [0.2, 0.25) is 0 Å². The maximum absolute atomic E-state index is 14.2. The van der Waals surface area contributed by atoms with Crippen molar-refractivity contribution in [2.45, 2.75) is 71.0 Å². The second-order valence-corrected chi connectivity index (χ2v) is 12.4. The van der Waals surface area contributed by atoms with Crippen molar-refractivity contribution in [2.24, 2.45) is 5.41 Å². The van der Waals surface area contributed by atoms with Crippen LogP contribution in [0.25, 0.3) is 10.4 Å². The van der Waals surface area contributed by atoms with E-state index in [1.165, 1.54) is 20.8 Å². The number of alkyl halides is 8. The fraction of sp³-hybridized carbons (Fsp3) is 0.600. The van der Waals surface area contributed by atoms with Crippen molar-refractivity contribution in [1.82, 2.24) is 20.2 Å². The first-order chi connectivity index (χ1) is 18.9. The Balaban J connectivity index is 2.11. The number of likely N-dealkylation sites (tertiary alicyclic amines) is 1. The van der Waals surface area contributed by atoms with E-state index < -0.39 is 99.2 Å². The third-order valence-corrected chi connectivity index (χ3v) is 7.51. The molecule has 1 aliphatic rings. The van der Waals surface area contributed by atoms with Gasteiger partial charge in [0.2, 0.25) is 0 Å². The first kappa shape index (κ1) is 33.4. The van der Waals surface area contributed by atoms with E-state index in [-0.39, 0.29) is 6.54 Å². The summed E-state index contributed by atoms with van der Waals surface area (Å²) in [6, 6.07) is -0.547. The van der Waals surface area contributed by atoms with Gasteiger partial charge < -0.3 is 20.6 Å². The van der Waals surface area contributed by atoms with E-state index in [9.17, 15) is 49.8 Å². The van der Waals surface area contributed by atoms with Crippen LogP contribution in [0.1, 0.15) is 66.9 Å². The SMILES string of the molecule is C[C@H]1CC(F)(F)CN1C(=O)c1nc(C(=O)NCC(C)(C)O)sc1-c1cnc(NCC(C)(C)C(F)(F)F)cc1C(F)(F)F. The summed E-state index contributed by atoms with van der Waals surface area (Å²) < 4.78 is 110. The van der Waals surface area contributed by atoms with Crippen LogP contribution in [0.5, 0.6) is 0 Å². The Hall–Kier alpha value is -3.08. The largest absolute Gasteiger partial charge is 0.417 e.